The first kappa shape index (κ1) is 22.0. The van der Waals surface area contributed by atoms with Crippen molar-refractivity contribution < 1.29 is 13.3 Å². The van der Waals surface area contributed by atoms with Gasteiger partial charge in [-0.15, -0.1) is 0 Å². The van der Waals surface area contributed by atoms with E-state index in [1.165, 1.54) is 16.4 Å². The Kier molecular flexibility index (Phi) is 6.52. The van der Waals surface area contributed by atoms with E-state index in [0.29, 0.717) is 19.6 Å². The van der Waals surface area contributed by atoms with Gasteiger partial charge in [0.1, 0.15) is 5.69 Å². The van der Waals surface area contributed by atoms with E-state index < -0.39 is 14.9 Å². The molecule has 1 saturated heterocycles. The summed E-state index contributed by atoms with van der Waals surface area (Å²) in [6.07, 6.45) is 7.10. The van der Waals surface area contributed by atoms with Crippen molar-refractivity contribution in [2.75, 3.05) is 18.4 Å². The predicted octanol–water partition coefficient (Wildman–Crippen LogP) is 3.96. The van der Waals surface area contributed by atoms with Crippen molar-refractivity contribution in [3.05, 3.63) is 76.6 Å². The number of anilines is 1. The molecule has 1 aliphatic heterocycles. The summed E-state index contributed by atoms with van der Waals surface area (Å²) in [4.78, 5) is 11.1. The van der Waals surface area contributed by atoms with E-state index in [-0.39, 0.29) is 16.3 Å². The molecule has 9 nitrogen and oxygen atoms in total. The molecule has 1 aliphatic rings. The SMILES string of the molecule is O=[N+]([O-])c1cc(S(=O)(=O)N2CCCCCC2)ccc1NCc1ccccc1-n1cccn1. The monoisotopic (exact) mass is 455 g/mol. The van der Waals surface area contributed by atoms with Crippen LogP contribution in [0.3, 0.4) is 0 Å². The molecular weight excluding hydrogens is 430 g/mol. The molecule has 10 heteroatoms. The molecule has 0 unspecified atom stereocenters. The average Bonchev–Trinajstić information content (AvgIpc) is 3.18. The molecule has 3 aromatic rings. The van der Waals surface area contributed by atoms with Gasteiger partial charge in [-0.25, -0.2) is 13.1 Å². The average molecular weight is 456 g/mol. The minimum Gasteiger partial charge on any atom is -0.375 e. The van der Waals surface area contributed by atoms with Crippen LogP contribution in [0.1, 0.15) is 31.2 Å². The molecule has 168 valence electrons. The highest BCUT2D eigenvalue weighted by atomic mass is 32.2. The topological polar surface area (TPSA) is 110 Å². The Hall–Kier alpha value is -3.24. The van der Waals surface area contributed by atoms with Gasteiger partial charge in [0, 0.05) is 38.1 Å². The smallest absolute Gasteiger partial charge is 0.293 e. The number of sulfonamides is 1. The quantitative estimate of drug-likeness (QED) is 0.427. The standard InChI is InChI=1S/C22H25N5O4S/c28-27(29)22-16-19(32(30,31)25-13-5-1-2-6-14-25)10-11-20(22)23-17-18-8-3-4-9-21(18)26-15-7-12-24-26/h3-4,7-12,15-16,23H,1-2,5-6,13-14,17H2. The number of benzene rings is 2. The Bertz CT molecular complexity index is 1190. The summed E-state index contributed by atoms with van der Waals surface area (Å²) in [5.41, 5.74) is 1.75. The fraction of sp³-hybridized carbons (Fsp3) is 0.318. The molecule has 2 aromatic carbocycles. The molecule has 0 spiro atoms. The highest BCUT2D eigenvalue weighted by Crippen LogP contribution is 2.30. The maximum absolute atomic E-state index is 13.1. The van der Waals surface area contributed by atoms with Gasteiger partial charge < -0.3 is 5.32 Å². The zero-order valence-corrected chi connectivity index (χ0v) is 18.4. The van der Waals surface area contributed by atoms with Crippen LogP contribution in [0.15, 0.2) is 65.8 Å². The molecule has 0 aliphatic carbocycles. The molecule has 4 rings (SSSR count). The lowest BCUT2D eigenvalue weighted by Crippen LogP contribution is -2.32. The number of nitro benzene ring substituents is 1. The number of nitrogens with one attached hydrogen (secondary N) is 1. The Morgan fingerprint density at radius 1 is 1.03 bits per heavy atom. The normalized spacial score (nSPS) is 15.2. The first-order valence-electron chi connectivity index (χ1n) is 10.6. The van der Waals surface area contributed by atoms with Crippen molar-refractivity contribution >= 4 is 21.4 Å². The predicted molar refractivity (Wildman–Crippen MR) is 121 cm³/mol. The van der Waals surface area contributed by atoms with Gasteiger partial charge in [0.2, 0.25) is 10.0 Å². The van der Waals surface area contributed by atoms with Crippen LogP contribution in [0.2, 0.25) is 0 Å². The third-order valence-corrected chi connectivity index (χ3v) is 7.48. The van der Waals surface area contributed by atoms with E-state index in [1.807, 2.05) is 36.5 Å². The maximum Gasteiger partial charge on any atom is 0.293 e. The molecule has 0 saturated carbocycles. The van der Waals surface area contributed by atoms with Crippen LogP contribution in [-0.4, -0.2) is 40.5 Å². The molecule has 0 amide bonds. The second-order valence-electron chi connectivity index (χ2n) is 7.69. The van der Waals surface area contributed by atoms with Gasteiger partial charge in [-0.3, -0.25) is 10.1 Å². The maximum atomic E-state index is 13.1. The van der Waals surface area contributed by atoms with Crippen LogP contribution in [-0.2, 0) is 16.6 Å². The molecule has 1 fully saturated rings. The second kappa shape index (κ2) is 9.49. The van der Waals surface area contributed by atoms with Gasteiger partial charge in [-0.05, 0) is 42.7 Å². The van der Waals surface area contributed by atoms with Crippen LogP contribution < -0.4 is 5.32 Å². The number of aromatic nitrogens is 2. The van der Waals surface area contributed by atoms with E-state index in [1.54, 1.807) is 10.9 Å². The largest absolute Gasteiger partial charge is 0.375 e. The summed E-state index contributed by atoms with van der Waals surface area (Å²) in [7, 11) is -3.77. The van der Waals surface area contributed by atoms with Crippen molar-refractivity contribution in [2.24, 2.45) is 0 Å². The number of rotatable bonds is 7. The van der Waals surface area contributed by atoms with Crippen LogP contribution >= 0.6 is 0 Å². The Labute approximate surface area is 186 Å². The van der Waals surface area contributed by atoms with Gasteiger partial charge in [0.25, 0.3) is 5.69 Å². The summed E-state index contributed by atoms with van der Waals surface area (Å²) >= 11 is 0. The lowest BCUT2D eigenvalue weighted by atomic mass is 10.1. The number of nitro groups is 1. The van der Waals surface area contributed by atoms with Gasteiger partial charge >= 0.3 is 0 Å². The van der Waals surface area contributed by atoms with Gasteiger partial charge in [-0.1, -0.05) is 31.0 Å². The molecule has 0 radical (unpaired) electrons. The van der Waals surface area contributed by atoms with E-state index in [9.17, 15) is 18.5 Å². The van der Waals surface area contributed by atoms with Crippen molar-refractivity contribution in [1.82, 2.24) is 14.1 Å². The molecule has 0 bridgehead atoms. The van der Waals surface area contributed by atoms with Crippen LogP contribution in [0.5, 0.6) is 0 Å². The molecule has 1 N–H and O–H groups in total. The highest BCUT2D eigenvalue weighted by Gasteiger charge is 2.28. The first-order chi connectivity index (χ1) is 15.5. The van der Waals surface area contributed by atoms with E-state index in [4.69, 9.17) is 0 Å². The number of hydrogen-bond acceptors (Lipinski definition) is 6. The van der Waals surface area contributed by atoms with E-state index in [0.717, 1.165) is 43.0 Å². The fourth-order valence-corrected chi connectivity index (χ4v) is 5.43. The summed E-state index contributed by atoms with van der Waals surface area (Å²) < 4.78 is 29.3. The Morgan fingerprint density at radius 2 is 1.78 bits per heavy atom. The number of para-hydroxylation sites is 1. The summed E-state index contributed by atoms with van der Waals surface area (Å²) in [5.74, 6) is 0. The van der Waals surface area contributed by atoms with Crippen molar-refractivity contribution in [3.63, 3.8) is 0 Å². The number of hydrogen-bond donors (Lipinski definition) is 1. The minimum absolute atomic E-state index is 0.0476. The molecule has 2 heterocycles. The molecular formula is C22H25N5O4S. The highest BCUT2D eigenvalue weighted by molar-refractivity contribution is 7.89. The second-order valence-corrected chi connectivity index (χ2v) is 9.63. The number of nitrogens with zero attached hydrogens (tertiary/aromatic N) is 4. The molecule has 0 atom stereocenters. The lowest BCUT2D eigenvalue weighted by Gasteiger charge is -2.20. The minimum atomic E-state index is -3.77. The summed E-state index contributed by atoms with van der Waals surface area (Å²) in [6, 6.07) is 13.5. The zero-order chi connectivity index (χ0) is 22.6. The van der Waals surface area contributed by atoms with Crippen molar-refractivity contribution in [1.29, 1.82) is 0 Å². The van der Waals surface area contributed by atoms with Gasteiger partial charge in [0.15, 0.2) is 0 Å². The van der Waals surface area contributed by atoms with Gasteiger partial charge in [-0.2, -0.15) is 9.40 Å². The van der Waals surface area contributed by atoms with Crippen LogP contribution in [0.25, 0.3) is 5.69 Å². The Balaban J connectivity index is 1.59. The summed E-state index contributed by atoms with van der Waals surface area (Å²) in [5, 5.41) is 19.1. The van der Waals surface area contributed by atoms with Crippen molar-refractivity contribution in [2.45, 2.75) is 37.1 Å². The van der Waals surface area contributed by atoms with Crippen LogP contribution in [0.4, 0.5) is 11.4 Å². The first-order valence-corrected chi connectivity index (χ1v) is 12.0. The zero-order valence-electron chi connectivity index (χ0n) is 17.6. The molecule has 32 heavy (non-hydrogen) atoms. The fourth-order valence-electron chi connectivity index (χ4n) is 3.89. The summed E-state index contributed by atoms with van der Waals surface area (Å²) in [6.45, 7) is 1.20. The van der Waals surface area contributed by atoms with Gasteiger partial charge in [0.05, 0.1) is 15.5 Å². The lowest BCUT2D eigenvalue weighted by molar-refractivity contribution is -0.384. The van der Waals surface area contributed by atoms with Crippen LogP contribution in [0, 0.1) is 10.1 Å². The molecule has 1 aromatic heterocycles. The third-order valence-electron chi connectivity index (χ3n) is 5.58. The van der Waals surface area contributed by atoms with Crippen molar-refractivity contribution in [3.8, 4) is 5.69 Å². The van der Waals surface area contributed by atoms with E-state index in [2.05, 4.69) is 10.4 Å². The third kappa shape index (κ3) is 4.66. The van der Waals surface area contributed by atoms with E-state index >= 15 is 0 Å². The Morgan fingerprint density at radius 3 is 2.47 bits per heavy atom.